The Morgan fingerprint density at radius 3 is 2.82 bits per heavy atom. The molecule has 5 nitrogen and oxygen atoms in total. The summed E-state index contributed by atoms with van der Waals surface area (Å²) in [7, 11) is 0. The third-order valence-electron chi connectivity index (χ3n) is 4.06. The van der Waals surface area contributed by atoms with Gasteiger partial charge in [0.2, 0.25) is 11.3 Å². The first-order valence-corrected chi connectivity index (χ1v) is 7.59. The molecular formula is C17H18N2O3. The second kappa shape index (κ2) is 6.56. The summed E-state index contributed by atoms with van der Waals surface area (Å²) < 4.78 is 5.39. The summed E-state index contributed by atoms with van der Waals surface area (Å²) in [4.78, 5) is 24.2. The second-order valence-electron chi connectivity index (χ2n) is 5.59. The molecule has 0 unspecified atom stereocenters. The number of hydrogen-bond acceptors (Lipinski definition) is 4. The minimum absolute atomic E-state index is 0.0407. The molecule has 0 aliphatic heterocycles. The zero-order chi connectivity index (χ0) is 15.4. The van der Waals surface area contributed by atoms with Gasteiger partial charge in [0, 0.05) is 5.92 Å². The van der Waals surface area contributed by atoms with Crippen molar-refractivity contribution in [2.24, 2.45) is 11.0 Å². The highest BCUT2D eigenvalue weighted by Gasteiger charge is 2.20. The van der Waals surface area contributed by atoms with Crippen LogP contribution in [0, 0.1) is 5.92 Å². The van der Waals surface area contributed by atoms with Gasteiger partial charge in [-0.2, -0.15) is 5.10 Å². The number of fused-ring (bicyclic) bond motifs is 1. The molecule has 1 N–H and O–H groups in total. The summed E-state index contributed by atoms with van der Waals surface area (Å²) in [6, 6.07) is 7.04. The normalized spacial score (nSPS) is 16.2. The number of carbonyl (C=O) groups is 1. The van der Waals surface area contributed by atoms with Crippen LogP contribution in [0.4, 0.5) is 0 Å². The maximum Gasteiger partial charge on any atom is 0.243 e. The Morgan fingerprint density at radius 2 is 2.00 bits per heavy atom. The molecule has 5 heteroatoms. The third kappa shape index (κ3) is 3.08. The Labute approximate surface area is 128 Å². The van der Waals surface area contributed by atoms with Crippen LogP contribution < -0.4 is 10.9 Å². The van der Waals surface area contributed by atoms with Crippen LogP contribution in [-0.2, 0) is 4.79 Å². The van der Waals surface area contributed by atoms with Gasteiger partial charge in [-0.05, 0) is 25.0 Å². The SMILES string of the molecule is O=C(NN=Cc1coc2ccccc2c1=O)C1CCCCC1. The van der Waals surface area contributed by atoms with Crippen molar-refractivity contribution in [2.75, 3.05) is 0 Å². The van der Waals surface area contributed by atoms with Crippen LogP contribution in [0.5, 0.6) is 0 Å². The maximum absolute atomic E-state index is 12.2. The van der Waals surface area contributed by atoms with Gasteiger partial charge in [0.25, 0.3) is 0 Å². The molecule has 1 aliphatic rings. The predicted octanol–water partition coefficient (Wildman–Crippen LogP) is 2.82. The lowest BCUT2D eigenvalue weighted by Gasteiger charge is -2.19. The molecular weight excluding hydrogens is 280 g/mol. The largest absolute Gasteiger partial charge is 0.463 e. The third-order valence-corrected chi connectivity index (χ3v) is 4.06. The molecule has 22 heavy (non-hydrogen) atoms. The highest BCUT2D eigenvalue weighted by molar-refractivity contribution is 5.87. The second-order valence-corrected chi connectivity index (χ2v) is 5.59. The topological polar surface area (TPSA) is 71.7 Å². The molecule has 1 amide bonds. The Hall–Kier alpha value is -2.43. The summed E-state index contributed by atoms with van der Waals surface area (Å²) in [5.41, 5.74) is 3.23. The zero-order valence-corrected chi connectivity index (χ0v) is 12.2. The zero-order valence-electron chi connectivity index (χ0n) is 12.2. The summed E-state index contributed by atoms with van der Waals surface area (Å²) >= 11 is 0. The van der Waals surface area contributed by atoms with E-state index in [1.54, 1.807) is 18.2 Å². The van der Waals surface area contributed by atoms with E-state index >= 15 is 0 Å². The number of carbonyl (C=O) groups excluding carboxylic acids is 1. The number of nitrogens with zero attached hydrogens (tertiary/aromatic N) is 1. The van der Waals surface area contributed by atoms with E-state index in [2.05, 4.69) is 10.5 Å². The molecule has 1 fully saturated rings. The van der Waals surface area contributed by atoms with Crippen molar-refractivity contribution in [3.63, 3.8) is 0 Å². The lowest BCUT2D eigenvalue weighted by atomic mass is 9.89. The smallest absolute Gasteiger partial charge is 0.243 e. The van der Waals surface area contributed by atoms with Crippen molar-refractivity contribution >= 4 is 23.1 Å². The molecule has 0 atom stereocenters. The number of nitrogens with one attached hydrogen (secondary N) is 1. The first-order valence-electron chi connectivity index (χ1n) is 7.59. The number of rotatable bonds is 3. The van der Waals surface area contributed by atoms with Crippen LogP contribution in [0.15, 0.2) is 44.8 Å². The van der Waals surface area contributed by atoms with Gasteiger partial charge in [-0.25, -0.2) is 5.43 Å². The molecule has 0 saturated heterocycles. The molecule has 3 rings (SSSR count). The van der Waals surface area contributed by atoms with Gasteiger partial charge in [-0.3, -0.25) is 9.59 Å². The van der Waals surface area contributed by atoms with Gasteiger partial charge in [-0.15, -0.1) is 0 Å². The van der Waals surface area contributed by atoms with E-state index in [-0.39, 0.29) is 17.3 Å². The number of para-hydroxylation sites is 1. The number of benzene rings is 1. The average molecular weight is 298 g/mol. The molecule has 1 aliphatic carbocycles. The first kappa shape index (κ1) is 14.5. The van der Waals surface area contributed by atoms with E-state index in [0.717, 1.165) is 25.7 Å². The number of hydrazone groups is 1. The minimum Gasteiger partial charge on any atom is -0.463 e. The Balaban J connectivity index is 1.71. The van der Waals surface area contributed by atoms with Crippen LogP contribution in [0.2, 0.25) is 0 Å². The van der Waals surface area contributed by atoms with Crippen molar-refractivity contribution in [1.82, 2.24) is 5.43 Å². The van der Waals surface area contributed by atoms with Gasteiger partial charge in [0.05, 0.1) is 17.2 Å². The lowest BCUT2D eigenvalue weighted by Crippen LogP contribution is -2.28. The molecule has 1 aromatic heterocycles. The molecule has 1 aromatic carbocycles. The van der Waals surface area contributed by atoms with Crippen LogP contribution >= 0.6 is 0 Å². The minimum atomic E-state index is -0.155. The van der Waals surface area contributed by atoms with Crippen LogP contribution in [0.3, 0.4) is 0 Å². The van der Waals surface area contributed by atoms with Crippen molar-refractivity contribution < 1.29 is 9.21 Å². The molecule has 2 aromatic rings. The quantitative estimate of drug-likeness (QED) is 0.699. The van der Waals surface area contributed by atoms with Crippen molar-refractivity contribution in [1.29, 1.82) is 0 Å². The van der Waals surface area contributed by atoms with Crippen molar-refractivity contribution in [3.8, 4) is 0 Å². The van der Waals surface area contributed by atoms with Gasteiger partial charge in [0.15, 0.2) is 0 Å². The standard InChI is InChI=1S/C17H18N2O3/c20-16-13(11-22-15-9-5-4-8-14(15)16)10-18-19-17(21)12-6-2-1-3-7-12/h4-5,8-12H,1-3,6-7H2,(H,19,21). The van der Waals surface area contributed by atoms with Crippen LogP contribution in [0.25, 0.3) is 11.0 Å². The fourth-order valence-corrected chi connectivity index (χ4v) is 2.80. The summed E-state index contributed by atoms with van der Waals surface area (Å²) in [6.45, 7) is 0. The van der Waals surface area contributed by atoms with E-state index < -0.39 is 0 Å². The van der Waals surface area contributed by atoms with Crippen molar-refractivity contribution in [2.45, 2.75) is 32.1 Å². The Bertz CT molecular complexity index is 758. The summed E-state index contributed by atoms with van der Waals surface area (Å²) in [5.74, 6) is -0.0277. The molecule has 0 spiro atoms. The van der Waals surface area contributed by atoms with E-state index in [1.165, 1.54) is 18.9 Å². The molecule has 114 valence electrons. The van der Waals surface area contributed by atoms with E-state index in [1.807, 2.05) is 6.07 Å². The Kier molecular flexibility index (Phi) is 4.32. The van der Waals surface area contributed by atoms with E-state index in [4.69, 9.17) is 4.42 Å². The van der Waals surface area contributed by atoms with Gasteiger partial charge in [-0.1, -0.05) is 31.4 Å². The van der Waals surface area contributed by atoms with Crippen LogP contribution in [-0.4, -0.2) is 12.1 Å². The van der Waals surface area contributed by atoms with E-state index in [9.17, 15) is 9.59 Å². The fourth-order valence-electron chi connectivity index (χ4n) is 2.80. The lowest BCUT2D eigenvalue weighted by molar-refractivity contribution is -0.125. The van der Waals surface area contributed by atoms with Gasteiger partial charge in [0.1, 0.15) is 11.8 Å². The fraction of sp³-hybridized carbons (Fsp3) is 0.353. The highest BCUT2D eigenvalue weighted by atomic mass is 16.3. The van der Waals surface area contributed by atoms with Crippen LogP contribution in [0.1, 0.15) is 37.7 Å². The molecule has 1 heterocycles. The highest BCUT2D eigenvalue weighted by Crippen LogP contribution is 2.23. The summed E-state index contributed by atoms with van der Waals surface area (Å²) in [5, 5.41) is 4.40. The van der Waals surface area contributed by atoms with E-state index in [0.29, 0.717) is 16.5 Å². The van der Waals surface area contributed by atoms with Gasteiger partial charge >= 0.3 is 0 Å². The molecule has 1 saturated carbocycles. The number of amides is 1. The molecule has 0 radical (unpaired) electrons. The molecule has 0 bridgehead atoms. The monoisotopic (exact) mass is 298 g/mol. The van der Waals surface area contributed by atoms with Gasteiger partial charge < -0.3 is 4.42 Å². The maximum atomic E-state index is 12.2. The Morgan fingerprint density at radius 1 is 1.23 bits per heavy atom. The predicted molar refractivity (Wildman–Crippen MR) is 84.8 cm³/mol. The summed E-state index contributed by atoms with van der Waals surface area (Å²) in [6.07, 6.45) is 7.93. The van der Waals surface area contributed by atoms with Crippen molar-refractivity contribution in [3.05, 3.63) is 46.3 Å². The number of hydrogen-bond donors (Lipinski definition) is 1. The first-order chi connectivity index (χ1) is 10.8. The average Bonchev–Trinajstić information content (AvgIpc) is 2.58.